The van der Waals surface area contributed by atoms with E-state index in [2.05, 4.69) is 10.3 Å². The van der Waals surface area contributed by atoms with Crippen molar-refractivity contribution in [3.63, 3.8) is 0 Å². The summed E-state index contributed by atoms with van der Waals surface area (Å²) in [6.45, 7) is 2.61. The third-order valence-corrected chi connectivity index (χ3v) is 3.44. The van der Waals surface area contributed by atoms with E-state index in [4.69, 9.17) is 5.73 Å². The van der Waals surface area contributed by atoms with Crippen LogP contribution in [0.2, 0.25) is 0 Å². The van der Waals surface area contributed by atoms with Gasteiger partial charge in [0.25, 0.3) is 0 Å². The highest BCUT2D eigenvalue weighted by Crippen LogP contribution is 2.10. The summed E-state index contributed by atoms with van der Waals surface area (Å²) in [5, 5.41) is 5.38. The quantitative estimate of drug-likeness (QED) is 0.876. The molecule has 1 amide bonds. The van der Waals surface area contributed by atoms with E-state index in [0.717, 1.165) is 11.3 Å². The molecule has 2 aromatic rings. The summed E-state index contributed by atoms with van der Waals surface area (Å²) in [6.07, 6.45) is 1.13. The van der Waals surface area contributed by atoms with Crippen molar-refractivity contribution in [2.24, 2.45) is 0 Å². The highest BCUT2D eigenvalue weighted by molar-refractivity contribution is 7.13. The fourth-order valence-electron chi connectivity index (χ4n) is 1.84. The lowest BCUT2D eigenvalue weighted by Crippen LogP contribution is -2.27. The Morgan fingerprint density at radius 3 is 3.00 bits per heavy atom. The van der Waals surface area contributed by atoms with Crippen LogP contribution in [0.4, 0.5) is 5.13 Å². The van der Waals surface area contributed by atoms with Gasteiger partial charge in [-0.3, -0.25) is 4.79 Å². The zero-order valence-corrected chi connectivity index (χ0v) is 11.7. The predicted molar refractivity (Wildman–Crippen MR) is 78.1 cm³/mol. The Bertz CT molecular complexity index is 565. The molecule has 2 rings (SSSR count). The van der Waals surface area contributed by atoms with Crippen LogP contribution in [0.15, 0.2) is 29.6 Å². The number of anilines is 1. The van der Waals surface area contributed by atoms with Crippen LogP contribution < -0.4 is 11.1 Å². The minimum Gasteiger partial charge on any atom is -0.375 e. The van der Waals surface area contributed by atoms with Gasteiger partial charge in [-0.1, -0.05) is 29.8 Å². The molecule has 0 aliphatic rings. The smallest absolute Gasteiger partial charge is 0.224 e. The number of benzene rings is 1. The van der Waals surface area contributed by atoms with Crippen LogP contribution in [0, 0.1) is 6.92 Å². The molecule has 4 nitrogen and oxygen atoms in total. The second-order valence-corrected chi connectivity index (χ2v) is 5.33. The maximum Gasteiger partial charge on any atom is 0.224 e. The number of rotatable bonds is 5. The van der Waals surface area contributed by atoms with Crippen LogP contribution in [0.3, 0.4) is 0 Å². The average molecular weight is 275 g/mol. The highest BCUT2D eigenvalue weighted by Gasteiger charge is 2.04. The highest BCUT2D eigenvalue weighted by atomic mass is 32.1. The van der Waals surface area contributed by atoms with Gasteiger partial charge in [0.05, 0.1) is 12.1 Å². The van der Waals surface area contributed by atoms with Crippen LogP contribution in [0.5, 0.6) is 0 Å². The minimum atomic E-state index is 0.0359. The van der Waals surface area contributed by atoms with Gasteiger partial charge in [-0.25, -0.2) is 4.98 Å². The summed E-state index contributed by atoms with van der Waals surface area (Å²) >= 11 is 1.42. The summed E-state index contributed by atoms with van der Waals surface area (Å²) in [7, 11) is 0. The van der Waals surface area contributed by atoms with E-state index in [1.807, 2.05) is 36.6 Å². The van der Waals surface area contributed by atoms with Crippen molar-refractivity contribution in [3.05, 3.63) is 46.5 Å². The topological polar surface area (TPSA) is 68.0 Å². The van der Waals surface area contributed by atoms with Crippen molar-refractivity contribution < 1.29 is 4.79 Å². The summed E-state index contributed by atoms with van der Waals surface area (Å²) in [4.78, 5) is 15.9. The molecule has 100 valence electrons. The molecule has 0 spiro atoms. The predicted octanol–water partition coefficient (Wildman–Crippen LogP) is 1.94. The van der Waals surface area contributed by atoms with Gasteiger partial charge in [-0.2, -0.15) is 0 Å². The van der Waals surface area contributed by atoms with Gasteiger partial charge in [-0.15, -0.1) is 11.3 Å². The first-order chi connectivity index (χ1) is 9.13. The molecule has 0 radical (unpaired) electrons. The van der Waals surface area contributed by atoms with E-state index in [1.54, 1.807) is 0 Å². The number of nitrogen functional groups attached to an aromatic ring is 1. The number of hydrogen-bond acceptors (Lipinski definition) is 4. The molecule has 0 saturated heterocycles. The molecule has 0 atom stereocenters. The molecule has 0 fully saturated rings. The molecule has 0 saturated carbocycles. The van der Waals surface area contributed by atoms with Gasteiger partial charge in [0, 0.05) is 18.3 Å². The van der Waals surface area contributed by atoms with Gasteiger partial charge in [0.1, 0.15) is 0 Å². The zero-order chi connectivity index (χ0) is 13.7. The van der Waals surface area contributed by atoms with Crippen molar-refractivity contribution in [1.82, 2.24) is 10.3 Å². The summed E-state index contributed by atoms with van der Waals surface area (Å²) < 4.78 is 0. The maximum absolute atomic E-state index is 11.8. The number of nitrogens with two attached hydrogens (primary N) is 1. The van der Waals surface area contributed by atoms with Gasteiger partial charge < -0.3 is 11.1 Å². The first kappa shape index (κ1) is 13.5. The fraction of sp³-hybridized carbons (Fsp3) is 0.286. The van der Waals surface area contributed by atoms with Crippen molar-refractivity contribution >= 4 is 22.4 Å². The number of amides is 1. The average Bonchev–Trinajstić information content (AvgIpc) is 2.75. The number of carbonyl (C=O) groups excluding carboxylic acids is 1. The normalized spacial score (nSPS) is 10.4. The lowest BCUT2D eigenvalue weighted by Gasteiger charge is -2.05. The summed E-state index contributed by atoms with van der Waals surface area (Å²) in [6, 6.07) is 7.98. The third-order valence-electron chi connectivity index (χ3n) is 2.72. The number of aryl methyl sites for hydroxylation is 1. The second kappa shape index (κ2) is 6.33. The Hall–Kier alpha value is -1.88. The fourth-order valence-corrected chi connectivity index (χ4v) is 2.43. The van der Waals surface area contributed by atoms with E-state index in [0.29, 0.717) is 24.5 Å². The van der Waals surface area contributed by atoms with Crippen LogP contribution in [0.1, 0.15) is 16.8 Å². The van der Waals surface area contributed by atoms with E-state index in [1.165, 1.54) is 16.9 Å². The molecular formula is C14H17N3OS. The van der Waals surface area contributed by atoms with Gasteiger partial charge >= 0.3 is 0 Å². The van der Waals surface area contributed by atoms with E-state index < -0.39 is 0 Å². The molecule has 19 heavy (non-hydrogen) atoms. The molecule has 5 heteroatoms. The Morgan fingerprint density at radius 2 is 2.32 bits per heavy atom. The number of hydrogen-bond donors (Lipinski definition) is 2. The number of nitrogens with one attached hydrogen (secondary N) is 1. The first-order valence-electron chi connectivity index (χ1n) is 6.15. The van der Waals surface area contributed by atoms with Crippen LogP contribution >= 0.6 is 11.3 Å². The van der Waals surface area contributed by atoms with Gasteiger partial charge in [-0.05, 0) is 12.5 Å². The second-order valence-electron chi connectivity index (χ2n) is 4.44. The van der Waals surface area contributed by atoms with E-state index in [9.17, 15) is 4.79 Å². The van der Waals surface area contributed by atoms with Crippen LogP contribution in [0.25, 0.3) is 0 Å². The molecule has 0 bridgehead atoms. The monoisotopic (exact) mass is 275 g/mol. The van der Waals surface area contributed by atoms with Crippen molar-refractivity contribution in [1.29, 1.82) is 0 Å². The Kier molecular flexibility index (Phi) is 4.52. The Morgan fingerprint density at radius 1 is 1.47 bits per heavy atom. The minimum absolute atomic E-state index is 0.0359. The Balaban J connectivity index is 1.76. The van der Waals surface area contributed by atoms with Gasteiger partial charge in [0.15, 0.2) is 5.13 Å². The lowest BCUT2D eigenvalue weighted by atomic mass is 10.1. The largest absolute Gasteiger partial charge is 0.375 e. The number of thiazole rings is 1. The molecule has 1 heterocycles. The van der Waals surface area contributed by atoms with E-state index >= 15 is 0 Å². The van der Waals surface area contributed by atoms with Crippen molar-refractivity contribution in [2.45, 2.75) is 19.8 Å². The van der Waals surface area contributed by atoms with Crippen molar-refractivity contribution in [3.8, 4) is 0 Å². The SMILES string of the molecule is Cc1cccc(CC(=O)NCCc2csc(N)n2)c1. The van der Waals surface area contributed by atoms with E-state index in [-0.39, 0.29) is 5.91 Å². The maximum atomic E-state index is 11.8. The molecule has 0 aliphatic heterocycles. The number of carbonyl (C=O) groups is 1. The van der Waals surface area contributed by atoms with Crippen molar-refractivity contribution in [2.75, 3.05) is 12.3 Å². The Labute approximate surface area is 116 Å². The molecule has 0 aliphatic carbocycles. The standard InChI is InChI=1S/C14H17N3OS/c1-10-3-2-4-11(7-10)8-13(18)16-6-5-12-9-19-14(15)17-12/h2-4,7,9H,5-6,8H2,1H3,(H2,15,17)(H,16,18). The van der Waals surface area contributed by atoms with Gasteiger partial charge in [0.2, 0.25) is 5.91 Å². The van der Waals surface area contributed by atoms with Crippen LogP contribution in [-0.2, 0) is 17.6 Å². The summed E-state index contributed by atoms with van der Waals surface area (Å²) in [5.74, 6) is 0.0359. The molecule has 0 unspecified atom stereocenters. The first-order valence-corrected chi connectivity index (χ1v) is 7.03. The van der Waals surface area contributed by atoms with Crippen LogP contribution in [-0.4, -0.2) is 17.4 Å². The molecule has 1 aromatic carbocycles. The third kappa shape index (κ3) is 4.37. The number of nitrogens with zero attached hydrogens (tertiary/aromatic N) is 1. The number of aromatic nitrogens is 1. The molecule has 3 N–H and O–H groups in total. The molecular weight excluding hydrogens is 258 g/mol. The summed E-state index contributed by atoms with van der Waals surface area (Å²) in [5.41, 5.74) is 8.68. The zero-order valence-electron chi connectivity index (χ0n) is 10.8. The lowest BCUT2D eigenvalue weighted by molar-refractivity contribution is -0.120. The molecule has 1 aromatic heterocycles.